The molecule has 4 heterocycles. The van der Waals surface area contributed by atoms with Gasteiger partial charge in [0.2, 0.25) is 0 Å². The lowest BCUT2D eigenvalue weighted by molar-refractivity contribution is 0.00896. The molecule has 0 radical (unpaired) electrons. The number of nitrogens with zero attached hydrogens (tertiary/aromatic N) is 5. The van der Waals surface area contributed by atoms with Crippen LogP contribution in [0.2, 0.25) is 0 Å². The molecule has 7 heteroatoms. The van der Waals surface area contributed by atoms with Gasteiger partial charge in [0.05, 0.1) is 24.6 Å². The van der Waals surface area contributed by atoms with E-state index < -0.39 is 5.60 Å². The Morgan fingerprint density at radius 2 is 2.15 bits per heavy atom. The highest BCUT2D eigenvalue weighted by Crippen LogP contribution is 2.31. The molecule has 1 amide bonds. The lowest BCUT2D eigenvalue weighted by atomic mass is 10.0. The Labute approximate surface area is 159 Å². The van der Waals surface area contributed by atoms with Crippen LogP contribution in [0.5, 0.6) is 0 Å². The maximum Gasteiger partial charge on any atom is 0.410 e. The fraction of sp³-hybridized carbons (Fsp3) is 0.550. The van der Waals surface area contributed by atoms with Gasteiger partial charge in [-0.2, -0.15) is 5.10 Å². The summed E-state index contributed by atoms with van der Waals surface area (Å²) in [5, 5.41) is 4.38. The third-order valence-electron chi connectivity index (χ3n) is 5.53. The zero-order chi connectivity index (χ0) is 19.0. The summed E-state index contributed by atoms with van der Waals surface area (Å²) in [4.78, 5) is 21.3. The summed E-state index contributed by atoms with van der Waals surface area (Å²) in [5.74, 6) is 1.10. The molecule has 0 spiro atoms. The summed E-state index contributed by atoms with van der Waals surface area (Å²) in [7, 11) is 0. The minimum Gasteiger partial charge on any atom is -0.443 e. The third-order valence-corrected chi connectivity index (χ3v) is 5.53. The molecule has 2 aromatic rings. The van der Waals surface area contributed by atoms with Crippen LogP contribution in [0.1, 0.15) is 44.9 Å². The molecule has 0 aromatic carbocycles. The minimum absolute atomic E-state index is 0.242. The first kappa shape index (κ1) is 17.8. The highest BCUT2D eigenvalue weighted by atomic mass is 16.6. The second kappa shape index (κ2) is 6.87. The summed E-state index contributed by atoms with van der Waals surface area (Å²) < 4.78 is 7.70. The van der Waals surface area contributed by atoms with Crippen LogP contribution in [0.15, 0.2) is 24.5 Å². The smallest absolute Gasteiger partial charge is 0.410 e. The Morgan fingerprint density at radius 3 is 2.96 bits per heavy atom. The van der Waals surface area contributed by atoms with Gasteiger partial charge in [-0.3, -0.25) is 4.98 Å². The number of amides is 1. The fourth-order valence-corrected chi connectivity index (χ4v) is 3.57. The van der Waals surface area contributed by atoms with Gasteiger partial charge in [-0.15, -0.1) is 0 Å². The summed E-state index contributed by atoms with van der Waals surface area (Å²) >= 11 is 0. The second-order valence-corrected chi connectivity index (χ2v) is 7.87. The lowest BCUT2D eigenvalue weighted by Crippen LogP contribution is -2.41. The largest absolute Gasteiger partial charge is 0.443 e. The Hall–Kier alpha value is -2.57. The van der Waals surface area contributed by atoms with Crippen molar-refractivity contribution in [3.63, 3.8) is 0 Å². The van der Waals surface area contributed by atoms with Crippen LogP contribution in [0.4, 0.5) is 16.3 Å². The molecule has 0 saturated carbocycles. The number of ether oxygens (including phenoxy) is 1. The third kappa shape index (κ3) is 3.50. The summed E-state index contributed by atoms with van der Waals surface area (Å²) in [5.41, 5.74) is 2.79. The van der Waals surface area contributed by atoms with E-state index in [0.717, 1.165) is 55.1 Å². The Balaban J connectivity index is 1.54. The van der Waals surface area contributed by atoms with Crippen molar-refractivity contribution in [3.8, 4) is 0 Å². The quantitative estimate of drug-likeness (QED) is 0.828. The normalized spacial score (nSPS) is 16.7. The number of fused-ring (bicyclic) bond motifs is 2. The van der Waals surface area contributed by atoms with Crippen LogP contribution in [0.3, 0.4) is 0 Å². The molecule has 27 heavy (non-hydrogen) atoms. The number of anilines is 2. The highest BCUT2D eigenvalue weighted by Gasteiger charge is 2.28. The van der Waals surface area contributed by atoms with Gasteiger partial charge in [0.25, 0.3) is 0 Å². The van der Waals surface area contributed by atoms with E-state index in [1.807, 2.05) is 43.9 Å². The summed E-state index contributed by atoms with van der Waals surface area (Å²) in [6.07, 6.45) is 6.14. The zero-order valence-electron chi connectivity index (χ0n) is 16.3. The molecule has 0 aliphatic carbocycles. The van der Waals surface area contributed by atoms with Gasteiger partial charge >= 0.3 is 6.09 Å². The number of rotatable bonds is 3. The van der Waals surface area contributed by atoms with Gasteiger partial charge in [0.15, 0.2) is 0 Å². The molecule has 2 aliphatic heterocycles. The second-order valence-electron chi connectivity index (χ2n) is 7.87. The SMILES string of the molecule is CCC(C)(C)OC(=O)N1CCc2ncc(N3CCCn4nccc43)cc2C1. The monoisotopic (exact) mass is 369 g/mol. The molecule has 144 valence electrons. The van der Waals surface area contributed by atoms with Gasteiger partial charge in [-0.25, -0.2) is 9.48 Å². The summed E-state index contributed by atoms with van der Waals surface area (Å²) in [6, 6.07) is 4.20. The molecule has 4 rings (SSSR count). The number of aromatic nitrogens is 3. The van der Waals surface area contributed by atoms with E-state index in [1.165, 1.54) is 0 Å². The van der Waals surface area contributed by atoms with Crippen LogP contribution in [-0.4, -0.2) is 44.4 Å². The molecule has 0 bridgehead atoms. The van der Waals surface area contributed by atoms with Crippen LogP contribution in [0, 0.1) is 0 Å². The molecule has 0 atom stereocenters. The van der Waals surface area contributed by atoms with Crippen molar-refractivity contribution in [1.82, 2.24) is 19.7 Å². The first-order valence-electron chi connectivity index (χ1n) is 9.72. The van der Waals surface area contributed by atoms with Crippen LogP contribution >= 0.6 is 0 Å². The Morgan fingerprint density at radius 1 is 1.30 bits per heavy atom. The average molecular weight is 369 g/mol. The topological polar surface area (TPSA) is 63.5 Å². The number of hydrogen-bond acceptors (Lipinski definition) is 5. The first-order valence-corrected chi connectivity index (χ1v) is 9.72. The van der Waals surface area contributed by atoms with E-state index in [1.54, 1.807) is 4.90 Å². The van der Waals surface area contributed by atoms with Crippen molar-refractivity contribution in [2.75, 3.05) is 18.0 Å². The van der Waals surface area contributed by atoms with E-state index in [4.69, 9.17) is 4.74 Å². The van der Waals surface area contributed by atoms with Crippen molar-refractivity contribution in [1.29, 1.82) is 0 Å². The van der Waals surface area contributed by atoms with Crippen molar-refractivity contribution in [2.45, 2.75) is 58.7 Å². The van der Waals surface area contributed by atoms with Crippen molar-refractivity contribution in [3.05, 3.63) is 35.8 Å². The maximum absolute atomic E-state index is 12.6. The van der Waals surface area contributed by atoms with Crippen molar-refractivity contribution >= 4 is 17.6 Å². The number of pyridine rings is 1. The number of carbonyl (C=O) groups is 1. The van der Waals surface area contributed by atoms with Gasteiger partial charge in [-0.05, 0) is 38.3 Å². The van der Waals surface area contributed by atoms with Crippen LogP contribution < -0.4 is 4.90 Å². The number of aryl methyl sites for hydroxylation is 1. The predicted molar refractivity (Wildman–Crippen MR) is 103 cm³/mol. The highest BCUT2D eigenvalue weighted by molar-refractivity contribution is 5.69. The molecule has 0 N–H and O–H groups in total. The van der Waals surface area contributed by atoms with Crippen molar-refractivity contribution < 1.29 is 9.53 Å². The lowest BCUT2D eigenvalue weighted by Gasteiger charge is -2.33. The van der Waals surface area contributed by atoms with E-state index in [0.29, 0.717) is 13.1 Å². The average Bonchev–Trinajstić information content (AvgIpc) is 3.15. The van der Waals surface area contributed by atoms with Gasteiger partial charge in [-0.1, -0.05) is 6.92 Å². The Bertz CT molecular complexity index is 845. The van der Waals surface area contributed by atoms with E-state index in [-0.39, 0.29) is 6.09 Å². The molecule has 0 saturated heterocycles. The standard InChI is InChI=1S/C20H27N5O2/c1-4-20(2,3)27-19(26)23-11-7-17-15(14-23)12-16(13-21-17)24-9-5-10-25-18(24)6-8-22-25/h6,8,12-13H,4-5,7,9-11,14H2,1-3H3. The number of hydrogen-bond donors (Lipinski definition) is 0. The zero-order valence-corrected chi connectivity index (χ0v) is 16.3. The molecule has 7 nitrogen and oxygen atoms in total. The summed E-state index contributed by atoms with van der Waals surface area (Å²) in [6.45, 7) is 9.01. The Kier molecular flexibility index (Phi) is 4.53. The van der Waals surface area contributed by atoms with Gasteiger partial charge in [0.1, 0.15) is 11.4 Å². The maximum atomic E-state index is 12.6. The van der Waals surface area contributed by atoms with Crippen LogP contribution in [-0.2, 0) is 24.2 Å². The van der Waals surface area contributed by atoms with Crippen molar-refractivity contribution in [2.24, 2.45) is 0 Å². The van der Waals surface area contributed by atoms with Crippen LogP contribution in [0.25, 0.3) is 0 Å². The molecule has 2 aliphatic rings. The van der Waals surface area contributed by atoms with E-state index in [2.05, 4.69) is 21.0 Å². The molecule has 0 unspecified atom stereocenters. The molecule has 2 aromatic heterocycles. The minimum atomic E-state index is -0.441. The first-order chi connectivity index (χ1) is 13.0. The van der Waals surface area contributed by atoms with Gasteiger partial charge < -0.3 is 14.5 Å². The molecular formula is C20H27N5O2. The fourth-order valence-electron chi connectivity index (χ4n) is 3.57. The predicted octanol–water partition coefficient (Wildman–Crippen LogP) is 3.50. The van der Waals surface area contributed by atoms with E-state index >= 15 is 0 Å². The molecular weight excluding hydrogens is 342 g/mol. The van der Waals surface area contributed by atoms with E-state index in [9.17, 15) is 4.79 Å². The number of carbonyl (C=O) groups excluding carboxylic acids is 1. The molecule has 0 fully saturated rings. The van der Waals surface area contributed by atoms with Gasteiger partial charge in [0, 0.05) is 37.8 Å².